The summed E-state index contributed by atoms with van der Waals surface area (Å²) in [5.74, 6) is 0.816. The first-order valence-electron chi connectivity index (χ1n) is 6.89. The number of aryl methyl sites for hydroxylation is 3. The molecule has 8 nitrogen and oxygen atoms in total. The van der Waals surface area contributed by atoms with Gasteiger partial charge in [-0.1, -0.05) is 17.7 Å². The Bertz CT molecular complexity index is 980. The summed E-state index contributed by atoms with van der Waals surface area (Å²) in [4.78, 5) is 10.8. The second kappa shape index (κ2) is 5.60. The standard InChI is InChI=1S/C14H16N6O2S/c1-9-4-5-12(10(2)6-9)23(21,22)19-18-13-7-11(3)17-14-15-8-16-20(13)14/h4-8,18-19H,1-3H3. The van der Waals surface area contributed by atoms with E-state index in [1.54, 1.807) is 32.0 Å². The number of hydrazine groups is 1. The van der Waals surface area contributed by atoms with E-state index in [0.29, 0.717) is 22.9 Å². The second-order valence-electron chi connectivity index (χ2n) is 5.25. The van der Waals surface area contributed by atoms with Crippen LogP contribution in [-0.2, 0) is 10.0 Å². The number of benzene rings is 1. The van der Waals surface area contributed by atoms with Crippen molar-refractivity contribution in [3.8, 4) is 0 Å². The predicted molar refractivity (Wildman–Crippen MR) is 85.4 cm³/mol. The number of hydrogen-bond acceptors (Lipinski definition) is 6. The third kappa shape index (κ3) is 3.01. The SMILES string of the molecule is Cc1ccc(S(=O)(=O)NNc2cc(C)nc3ncnn23)c(C)c1. The molecule has 0 saturated heterocycles. The number of aromatic nitrogens is 4. The summed E-state index contributed by atoms with van der Waals surface area (Å²) in [5, 5.41) is 4.01. The number of hydrogen-bond donors (Lipinski definition) is 2. The Morgan fingerprint density at radius 3 is 2.65 bits per heavy atom. The van der Waals surface area contributed by atoms with Crippen LogP contribution in [0.15, 0.2) is 35.5 Å². The Morgan fingerprint density at radius 2 is 1.91 bits per heavy atom. The molecule has 9 heteroatoms. The zero-order valence-electron chi connectivity index (χ0n) is 12.9. The number of nitrogens with one attached hydrogen (secondary N) is 2. The van der Waals surface area contributed by atoms with Crippen molar-refractivity contribution < 1.29 is 8.42 Å². The van der Waals surface area contributed by atoms with Crippen molar-refractivity contribution in [2.24, 2.45) is 0 Å². The van der Waals surface area contributed by atoms with Gasteiger partial charge in [0.2, 0.25) is 0 Å². The number of fused-ring (bicyclic) bond motifs is 1. The Kier molecular flexibility index (Phi) is 3.74. The van der Waals surface area contributed by atoms with Gasteiger partial charge in [0.15, 0.2) is 0 Å². The van der Waals surface area contributed by atoms with Gasteiger partial charge in [0.1, 0.15) is 12.1 Å². The molecule has 2 aromatic heterocycles. The highest BCUT2D eigenvalue weighted by Crippen LogP contribution is 2.17. The van der Waals surface area contributed by atoms with Gasteiger partial charge < -0.3 is 0 Å². The Morgan fingerprint density at radius 1 is 1.13 bits per heavy atom. The molecule has 0 spiro atoms. The first-order valence-corrected chi connectivity index (χ1v) is 8.37. The van der Waals surface area contributed by atoms with Crippen molar-refractivity contribution in [1.82, 2.24) is 24.4 Å². The van der Waals surface area contributed by atoms with Gasteiger partial charge in [-0.2, -0.15) is 14.6 Å². The van der Waals surface area contributed by atoms with E-state index in [1.165, 1.54) is 10.8 Å². The van der Waals surface area contributed by atoms with Gasteiger partial charge in [-0.15, -0.1) is 4.83 Å². The van der Waals surface area contributed by atoms with E-state index >= 15 is 0 Å². The van der Waals surface area contributed by atoms with Crippen LogP contribution in [0.4, 0.5) is 5.82 Å². The minimum Gasteiger partial charge on any atom is -0.292 e. The molecule has 1 aromatic carbocycles. The average molecular weight is 332 g/mol. The smallest absolute Gasteiger partial charge is 0.257 e. The van der Waals surface area contributed by atoms with Crippen LogP contribution in [0, 0.1) is 20.8 Å². The van der Waals surface area contributed by atoms with Crippen molar-refractivity contribution in [2.45, 2.75) is 25.7 Å². The lowest BCUT2D eigenvalue weighted by molar-refractivity contribution is 0.586. The summed E-state index contributed by atoms with van der Waals surface area (Å²) < 4.78 is 26.3. The highest BCUT2D eigenvalue weighted by atomic mass is 32.2. The zero-order chi connectivity index (χ0) is 16.6. The molecule has 0 aliphatic rings. The fourth-order valence-corrected chi connectivity index (χ4v) is 3.37. The maximum atomic E-state index is 12.5. The monoisotopic (exact) mass is 332 g/mol. The van der Waals surface area contributed by atoms with E-state index in [2.05, 4.69) is 25.3 Å². The quantitative estimate of drug-likeness (QED) is 0.700. The van der Waals surface area contributed by atoms with Crippen molar-refractivity contribution in [1.29, 1.82) is 0 Å². The molecule has 0 saturated carbocycles. The molecule has 0 amide bonds. The molecule has 0 aliphatic heterocycles. The molecule has 2 heterocycles. The van der Waals surface area contributed by atoms with Crippen LogP contribution < -0.4 is 10.3 Å². The first-order chi connectivity index (χ1) is 10.9. The third-order valence-corrected chi connectivity index (χ3v) is 4.72. The number of nitrogens with zero attached hydrogens (tertiary/aromatic N) is 4. The number of rotatable bonds is 4. The molecule has 0 radical (unpaired) electrons. The van der Waals surface area contributed by atoms with Crippen LogP contribution in [0.3, 0.4) is 0 Å². The van der Waals surface area contributed by atoms with E-state index in [1.807, 2.05) is 13.0 Å². The van der Waals surface area contributed by atoms with Gasteiger partial charge in [-0.05, 0) is 32.4 Å². The molecule has 0 aliphatic carbocycles. The molecule has 0 unspecified atom stereocenters. The highest BCUT2D eigenvalue weighted by Gasteiger charge is 2.17. The summed E-state index contributed by atoms with van der Waals surface area (Å²) in [7, 11) is -3.71. The maximum Gasteiger partial charge on any atom is 0.257 e. The number of anilines is 1. The number of sulfonamides is 1. The summed E-state index contributed by atoms with van der Waals surface area (Å²) in [6, 6.07) is 6.83. The summed E-state index contributed by atoms with van der Waals surface area (Å²) in [6.07, 6.45) is 1.35. The topological polar surface area (TPSA) is 101 Å². The van der Waals surface area contributed by atoms with Crippen molar-refractivity contribution in [2.75, 3.05) is 5.43 Å². The average Bonchev–Trinajstić information content (AvgIpc) is 2.92. The fraction of sp³-hybridized carbons (Fsp3) is 0.214. The van der Waals surface area contributed by atoms with Gasteiger partial charge in [-0.3, -0.25) is 5.43 Å². The minimum absolute atomic E-state index is 0.219. The van der Waals surface area contributed by atoms with Crippen molar-refractivity contribution in [3.05, 3.63) is 47.4 Å². The van der Waals surface area contributed by atoms with Crippen LogP contribution in [-0.4, -0.2) is 28.0 Å². The lowest BCUT2D eigenvalue weighted by Gasteiger charge is -2.12. The fourth-order valence-electron chi connectivity index (χ4n) is 2.29. The molecule has 3 aromatic rings. The molecule has 2 N–H and O–H groups in total. The molecular formula is C14H16N6O2S. The largest absolute Gasteiger partial charge is 0.292 e. The van der Waals surface area contributed by atoms with Crippen molar-refractivity contribution in [3.63, 3.8) is 0 Å². The first kappa shape index (κ1) is 15.4. The lowest BCUT2D eigenvalue weighted by atomic mass is 10.2. The third-order valence-electron chi connectivity index (χ3n) is 3.31. The maximum absolute atomic E-state index is 12.5. The van der Waals surface area contributed by atoms with Gasteiger partial charge in [0.05, 0.1) is 4.90 Å². The van der Waals surface area contributed by atoms with Gasteiger partial charge in [0, 0.05) is 11.8 Å². The Balaban J connectivity index is 1.90. The normalized spacial score (nSPS) is 11.8. The molecule has 3 rings (SSSR count). The van der Waals surface area contributed by atoms with Gasteiger partial charge in [0.25, 0.3) is 15.8 Å². The van der Waals surface area contributed by atoms with Crippen LogP contribution in [0.2, 0.25) is 0 Å². The molecular weight excluding hydrogens is 316 g/mol. The van der Waals surface area contributed by atoms with Crippen LogP contribution in [0.25, 0.3) is 5.78 Å². The lowest BCUT2D eigenvalue weighted by Crippen LogP contribution is -2.31. The second-order valence-corrected chi connectivity index (χ2v) is 6.90. The molecule has 0 bridgehead atoms. The van der Waals surface area contributed by atoms with Crippen LogP contribution >= 0.6 is 0 Å². The van der Waals surface area contributed by atoms with E-state index in [4.69, 9.17) is 0 Å². The predicted octanol–water partition coefficient (Wildman–Crippen LogP) is 1.35. The minimum atomic E-state index is -3.71. The zero-order valence-corrected chi connectivity index (χ0v) is 13.7. The molecule has 120 valence electrons. The van der Waals surface area contributed by atoms with E-state index < -0.39 is 10.0 Å². The van der Waals surface area contributed by atoms with Gasteiger partial charge in [-0.25, -0.2) is 13.4 Å². The highest BCUT2D eigenvalue weighted by molar-refractivity contribution is 7.89. The molecule has 0 fully saturated rings. The van der Waals surface area contributed by atoms with Crippen LogP contribution in [0.5, 0.6) is 0 Å². The van der Waals surface area contributed by atoms with Crippen LogP contribution in [0.1, 0.15) is 16.8 Å². The van der Waals surface area contributed by atoms with E-state index in [-0.39, 0.29) is 4.90 Å². The van der Waals surface area contributed by atoms with E-state index in [0.717, 1.165) is 5.56 Å². The molecule has 23 heavy (non-hydrogen) atoms. The Labute approximate surface area is 133 Å². The van der Waals surface area contributed by atoms with E-state index in [9.17, 15) is 8.42 Å². The Hall–Kier alpha value is -2.52. The van der Waals surface area contributed by atoms with Gasteiger partial charge >= 0.3 is 0 Å². The molecule has 0 atom stereocenters. The van der Waals surface area contributed by atoms with Crippen molar-refractivity contribution >= 4 is 21.6 Å². The summed E-state index contributed by atoms with van der Waals surface area (Å²) in [5.41, 5.74) is 5.05. The summed E-state index contributed by atoms with van der Waals surface area (Å²) >= 11 is 0. The summed E-state index contributed by atoms with van der Waals surface area (Å²) in [6.45, 7) is 5.46.